The van der Waals surface area contributed by atoms with Gasteiger partial charge in [0.15, 0.2) is 0 Å². The van der Waals surface area contributed by atoms with Crippen molar-refractivity contribution in [1.29, 1.82) is 5.26 Å². The Morgan fingerprint density at radius 3 is 1.72 bits per heavy atom. The van der Waals surface area contributed by atoms with Gasteiger partial charge in [0, 0.05) is 16.1 Å². The van der Waals surface area contributed by atoms with Crippen molar-refractivity contribution in [2.75, 3.05) is 5.75 Å². The molecule has 2 nitrogen and oxygen atoms in total. The zero-order chi connectivity index (χ0) is 35.8. The van der Waals surface area contributed by atoms with E-state index in [-0.39, 0.29) is 0 Å². The van der Waals surface area contributed by atoms with Gasteiger partial charge in [-0.1, -0.05) is 69.6 Å². The minimum Gasteiger partial charge on any atom is -0.507 e. The second-order valence-corrected chi connectivity index (χ2v) is 14.1. The molecule has 0 fully saturated rings. The maximum absolute atomic E-state index is 11.2. The fourth-order valence-corrected chi connectivity index (χ4v) is 7.73. The minimum atomic E-state index is -0.797. The SMILES string of the molecule is C=C(C)/C(C)=C(S)\C(=C(\C)CS)C(C)(/C(C(=C)C(/C(C#N)=C(/S)CC)=C(/CC)CCC)=C(\C)CC)c1c(C)c(C)c(O)c(C)c1C. The molecule has 252 valence electrons. The van der Waals surface area contributed by atoms with Gasteiger partial charge < -0.3 is 5.11 Å². The molecule has 0 bridgehead atoms. The summed E-state index contributed by atoms with van der Waals surface area (Å²) < 4.78 is 0. The predicted molar refractivity (Wildman–Crippen MR) is 214 cm³/mol. The van der Waals surface area contributed by atoms with E-state index in [4.69, 9.17) is 44.5 Å². The number of aromatic hydroxyl groups is 1. The molecule has 1 rings (SSSR count). The Labute approximate surface area is 298 Å². The summed E-state index contributed by atoms with van der Waals surface area (Å²) in [6.45, 7) is 36.6. The number of allylic oxidation sites excluding steroid dienone is 10. The van der Waals surface area contributed by atoms with E-state index in [1.165, 1.54) is 11.1 Å². The summed E-state index contributed by atoms with van der Waals surface area (Å²) >= 11 is 15.0. The van der Waals surface area contributed by atoms with Crippen molar-refractivity contribution < 1.29 is 5.11 Å². The number of phenols is 1. The van der Waals surface area contributed by atoms with Gasteiger partial charge in [0.25, 0.3) is 0 Å². The number of hydrogen-bond donors (Lipinski definition) is 4. The third-order valence-corrected chi connectivity index (χ3v) is 11.4. The fraction of sp³-hybridized carbons (Fsp3) is 0.488. The first-order chi connectivity index (χ1) is 21.4. The van der Waals surface area contributed by atoms with E-state index in [1.807, 2.05) is 27.7 Å². The molecule has 0 saturated carbocycles. The summed E-state index contributed by atoms with van der Waals surface area (Å²) in [5, 5.41) is 21.9. The van der Waals surface area contributed by atoms with Crippen molar-refractivity contribution in [3.05, 3.63) is 107 Å². The molecule has 5 heteroatoms. The average Bonchev–Trinajstić information content (AvgIpc) is 3.03. The van der Waals surface area contributed by atoms with E-state index in [2.05, 4.69) is 75.0 Å². The summed E-state index contributed by atoms with van der Waals surface area (Å²) in [6.07, 6.45) is 4.04. The molecule has 1 aromatic carbocycles. The highest BCUT2D eigenvalue weighted by Gasteiger charge is 2.44. The quantitative estimate of drug-likeness (QED) is 0.0899. The molecule has 0 radical (unpaired) electrons. The van der Waals surface area contributed by atoms with Crippen molar-refractivity contribution in [2.45, 2.75) is 128 Å². The second kappa shape index (κ2) is 17.8. The summed E-state index contributed by atoms with van der Waals surface area (Å²) in [7, 11) is 0. The van der Waals surface area contributed by atoms with Crippen LogP contribution in [0.3, 0.4) is 0 Å². The van der Waals surface area contributed by atoms with Gasteiger partial charge in [-0.2, -0.15) is 17.9 Å². The van der Waals surface area contributed by atoms with Crippen LogP contribution in [0.15, 0.2) is 78.7 Å². The third-order valence-electron chi connectivity index (χ3n) is 9.86. The summed E-state index contributed by atoms with van der Waals surface area (Å²) in [4.78, 5) is 1.61. The number of benzene rings is 1. The Kier molecular flexibility index (Phi) is 16.1. The first-order valence-electron chi connectivity index (χ1n) is 16.5. The molecule has 0 aromatic heterocycles. The van der Waals surface area contributed by atoms with Gasteiger partial charge in [-0.15, -0.1) is 25.3 Å². The monoisotopic (exact) mass is 677 g/mol. The van der Waals surface area contributed by atoms with Gasteiger partial charge in [0.1, 0.15) is 11.8 Å². The van der Waals surface area contributed by atoms with Crippen LogP contribution in [0, 0.1) is 39.0 Å². The van der Waals surface area contributed by atoms with Crippen LogP contribution < -0.4 is 0 Å². The summed E-state index contributed by atoms with van der Waals surface area (Å²) in [5.41, 5.74) is 13.9. The van der Waals surface area contributed by atoms with Crippen LogP contribution in [0.2, 0.25) is 0 Å². The lowest BCUT2D eigenvalue weighted by molar-refractivity contribution is 0.464. The Bertz CT molecular complexity index is 1560. The standard InChI is InChI=1S/C41H59NOS3/c1-16-20-32(18-3)35(33(21-42)34(45)19-4)31(14)36(24(7)17-2)41(15,37(25(8)22-44)40(46)26(9)23(5)6)38-27(10)29(12)39(43)30(13)28(38)11/h43-46H,5,14,16-20,22H2,1-4,6-13,15H3/b34-33+,35-32+,36-24+,37-25+,40-26+. The van der Waals surface area contributed by atoms with Crippen LogP contribution in [-0.4, -0.2) is 10.9 Å². The van der Waals surface area contributed by atoms with Crippen molar-refractivity contribution in [3.63, 3.8) is 0 Å². The molecule has 1 aromatic rings. The van der Waals surface area contributed by atoms with Crippen LogP contribution in [0.1, 0.15) is 122 Å². The lowest BCUT2D eigenvalue weighted by Crippen LogP contribution is -2.34. The molecule has 1 unspecified atom stereocenters. The van der Waals surface area contributed by atoms with Gasteiger partial charge in [-0.05, 0) is 149 Å². The lowest BCUT2D eigenvalue weighted by atomic mass is 9.61. The van der Waals surface area contributed by atoms with Crippen LogP contribution in [0.5, 0.6) is 5.75 Å². The smallest absolute Gasteiger partial charge is 0.121 e. The van der Waals surface area contributed by atoms with E-state index in [0.29, 0.717) is 23.5 Å². The Balaban J connectivity index is 5.01. The Morgan fingerprint density at radius 2 is 1.35 bits per heavy atom. The molecule has 1 N–H and O–H groups in total. The lowest BCUT2D eigenvalue weighted by Gasteiger charge is -2.43. The van der Waals surface area contributed by atoms with Crippen LogP contribution in [0.4, 0.5) is 0 Å². The van der Waals surface area contributed by atoms with Gasteiger partial charge >= 0.3 is 0 Å². The van der Waals surface area contributed by atoms with E-state index in [1.54, 1.807) is 0 Å². The van der Waals surface area contributed by atoms with E-state index >= 15 is 0 Å². The fourth-order valence-electron chi connectivity index (χ4n) is 6.80. The first-order valence-corrected chi connectivity index (χ1v) is 18.0. The highest BCUT2D eigenvalue weighted by molar-refractivity contribution is 7.85. The van der Waals surface area contributed by atoms with E-state index in [9.17, 15) is 10.4 Å². The molecule has 1 atom stereocenters. The van der Waals surface area contributed by atoms with Crippen LogP contribution in [-0.2, 0) is 5.41 Å². The number of phenolic OH excluding ortho intramolecular Hbond substituents is 1. The predicted octanol–water partition coefficient (Wildman–Crippen LogP) is 12.8. The van der Waals surface area contributed by atoms with E-state index < -0.39 is 5.41 Å². The van der Waals surface area contributed by atoms with Crippen molar-refractivity contribution in [2.24, 2.45) is 0 Å². The Morgan fingerprint density at radius 1 is 0.826 bits per heavy atom. The number of nitrogens with zero attached hydrogens (tertiary/aromatic N) is 1. The van der Waals surface area contributed by atoms with E-state index in [0.717, 1.165) is 102 Å². The van der Waals surface area contributed by atoms with Crippen molar-refractivity contribution >= 4 is 37.9 Å². The van der Waals surface area contributed by atoms with Crippen LogP contribution >= 0.6 is 37.9 Å². The molecule has 0 aliphatic rings. The molecule has 0 saturated heterocycles. The molecule has 0 aliphatic carbocycles. The van der Waals surface area contributed by atoms with Crippen molar-refractivity contribution in [1.82, 2.24) is 0 Å². The average molecular weight is 678 g/mol. The molecular formula is C41H59NOS3. The highest BCUT2D eigenvalue weighted by atomic mass is 32.1. The molecule has 46 heavy (non-hydrogen) atoms. The maximum atomic E-state index is 11.2. The number of nitriles is 1. The number of hydrogen-bond acceptors (Lipinski definition) is 5. The molecule has 0 amide bonds. The first kappa shape index (κ1) is 41.8. The zero-order valence-corrected chi connectivity index (χ0v) is 33.6. The maximum Gasteiger partial charge on any atom is 0.121 e. The molecule has 0 aliphatic heterocycles. The summed E-state index contributed by atoms with van der Waals surface area (Å²) in [5.74, 6) is 0.846. The van der Waals surface area contributed by atoms with Crippen LogP contribution in [0.25, 0.3) is 0 Å². The highest BCUT2D eigenvalue weighted by Crippen LogP contribution is 2.55. The van der Waals surface area contributed by atoms with Gasteiger partial charge in [-0.3, -0.25) is 0 Å². The summed E-state index contributed by atoms with van der Waals surface area (Å²) in [6, 6.07) is 2.55. The number of rotatable bonds is 14. The van der Waals surface area contributed by atoms with Crippen molar-refractivity contribution in [3.8, 4) is 11.8 Å². The number of thiol groups is 3. The molecular weight excluding hydrogens is 619 g/mol. The second-order valence-electron chi connectivity index (χ2n) is 12.8. The third kappa shape index (κ3) is 8.05. The largest absolute Gasteiger partial charge is 0.507 e. The topological polar surface area (TPSA) is 44.0 Å². The minimum absolute atomic E-state index is 0.322. The molecule has 0 heterocycles. The van der Waals surface area contributed by atoms with Gasteiger partial charge in [0.2, 0.25) is 0 Å². The Hall–Kier alpha value is -2.26. The van der Waals surface area contributed by atoms with Gasteiger partial charge in [-0.25, -0.2) is 0 Å². The normalized spacial score (nSPS) is 15.9. The molecule has 0 spiro atoms. The van der Waals surface area contributed by atoms with Gasteiger partial charge in [0.05, 0.1) is 5.57 Å². The zero-order valence-electron chi connectivity index (χ0n) is 30.9.